The van der Waals surface area contributed by atoms with Crippen LogP contribution in [0.3, 0.4) is 0 Å². The topological polar surface area (TPSA) is 38.1 Å². The third-order valence-electron chi connectivity index (χ3n) is 3.72. The second kappa shape index (κ2) is 7.14. The van der Waals surface area contributed by atoms with Gasteiger partial charge in [0.2, 0.25) is 0 Å². The van der Waals surface area contributed by atoms with E-state index in [-0.39, 0.29) is 24.1 Å². The zero-order valence-corrected chi connectivity index (χ0v) is 14.9. The summed E-state index contributed by atoms with van der Waals surface area (Å²) in [6.45, 7) is 0.110. The Balaban J connectivity index is 1.85. The molecule has 0 aliphatic heterocycles. The molecule has 4 nitrogen and oxygen atoms in total. The lowest BCUT2D eigenvalue weighted by molar-refractivity contribution is 0.0776. The van der Waals surface area contributed by atoms with E-state index >= 15 is 0 Å². The fourth-order valence-electron chi connectivity index (χ4n) is 2.45. The Hall–Kier alpha value is -2.54. The Morgan fingerprint density at radius 2 is 1.92 bits per heavy atom. The van der Waals surface area contributed by atoms with Crippen molar-refractivity contribution in [3.05, 3.63) is 82.4 Å². The molecule has 3 rings (SSSR count). The summed E-state index contributed by atoms with van der Waals surface area (Å²) in [4.78, 5) is 18.1. The molecule has 0 atom stereocenters. The highest BCUT2D eigenvalue weighted by molar-refractivity contribution is 9.10. The smallest absolute Gasteiger partial charge is 0.272 e. The summed E-state index contributed by atoms with van der Waals surface area (Å²) >= 11 is 3.30. The molecule has 0 spiro atoms. The van der Waals surface area contributed by atoms with Crippen LogP contribution in [0.2, 0.25) is 0 Å². The molecule has 0 bridgehead atoms. The van der Waals surface area contributed by atoms with E-state index in [0.29, 0.717) is 16.9 Å². The zero-order chi connectivity index (χ0) is 18.0. The number of amides is 1. The first-order chi connectivity index (χ1) is 12.0. The lowest BCUT2D eigenvalue weighted by Gasteiger charge is -2.18. The molecule has 25 heavy (non-hydrogen) atoms. The SMILES string of the molecule is CN(Cc1cc(Br)ccc1F)C(=O)c1cncn1-c1ccc(F)cc1. The molecule has 0 aliphatic rings. The predicted molar refractivity (Wildman–Crippen MR) is 93.4 cm³/mol. The molecule has 0 N–H and O–H groups in total. The van der Waals surface area contributed by atoms with Gasteiger partial charge in [-0.05, 0) is 42.5 Å². The van der Waals surface area contributed by atoms with E-state index in [1.807, 2.05) is 0 Å². The van der Waals surface area contributed by atoms with Crippen LogP contribution < -0.4 is 0 Å². The van der Waals surface area contributed by atoms with Crippen LogP contribution in [0.4, 0.5) is 8.78 Å². The van der Waals surface area contributed by atoms with Gasteiger partial charge in [-0.1, -0.05) is 15.9 Å². The van der Waals surface area contributed by atoms with Gasteiger partial charge in [-0.15, -0.1) is 0 Å². The summed E-state index contributed by atoms with van der Waals surface area (Å²) in [5, 5.41) is 0. The lowest BCUT2D eigenvalue weighted by atomic mass is 10.2. The first kappa shape index (κ1) is 17.3. The van der Waals surface area contributed by atoms with Gasteiger partial charge in [-0.3, -0.25) is 9.36 Å². The quantitative estimate of drug-likeness (QED) is 0.652. The second-order valence-electron chi connectivity index (χ2n) is 5.52. The van der Waals surface area contributed by atoms with Crippen LogP contribution in [0.5, 0.6) is 0 Å². The minimum atomic E-state index is -0.380. The molecule has 2 aromatic carbocycles. The molecule has 0 radical (unpaired) electrons. The standard InChI is InChI=1S/C18H14BrF2N3O/c1-23(10-12-8-13(19)2-7-16(12)21)18(25)17-9-22-11-24(17)15-5-3-14(20)4-6-15/h2-9,11H,10H2,1H3. The van der Waals surface area contributed by atoms with Crippen molar-refractivity contribution in [2.24, 2.45) is 0 Å². The third kappa shape index (κ3) is 3.76. The Bertz CT molecular complexity index is 909. The Kier molecular flexibility index (Phi) is 4.94. The maximum Gasteiger partial charge on any atom is 0.272 e. The molecular weight excluding hydrogens is 392 g/mol. The van der Waals surface area contributed by atoms with Gasteiger partial charge >= 0.3 is 0 Å². The number of imidazole rings is 1. The van der Waals surface area contributed by atoms with Crippen molar-refractivity contribution in [3.63, 3.8) is 0 Å². The van der Waals surface area contributed by atoms with Gasteiger partial charge in [0.15, 0.2) is 0 Å². The lowest BCUT2D eigenvalue weighted by Crippen LogP contribution is -2.28. The highest BCUT2D eigenvalue weighted by Crippen LogP contribution is 2.19. The van der Waals surface area contributed by atoms with Crippen LogP contribution in [-0.4, -0.2) is 27.4 Å². The fourth-order valence-corrected chi connectivity index (χ4v) is 2.86. The van der Waals surface area contributed by atoms with Crippen LogP contribution in [0.1, 0.15) is 16.1 Å². The number of nitrogens with zero attached hydrogens (tertiary/aromatic N) is 3. The number of benzene rings is 2. The molecule has 0 aliphatic carbocycles. The van der Waals surface area contributed by atoms with Crippen LogP contribution in [0.25, 0.3) is 5.69 Å². The summed E-state index contributed by atoms with van der Waals surface area (Å²) in [5.74, 6) is -1.06. The van der Waals surface area contributed by atoms with Crippen molar-refractivity contribution in [3.8, 4) is 5.69 Å². The first-order valence-corrected chi connectivity index (χ1v) is 8.22. The highest BCUT2D eigenvalue weighted by Gasteiger charge is 2.19. The summed E-state index contributed by atoms with van der Waals surface area (Å²) in [7, 11) is 1.59. The van der Waals surface area contributed by atoms with E-state index in [0.717, 1.165) is 4.47 Å². The van der Waals surface area contributed by atoms with Gasteiger partial charge in [0, 0.05) is 29.3 Å². The van der Waals surface area contributed by atoms with Crippen molar-refractivity contribution < 1.29 is 13.6 Å². The monoisotopic (exact) mass is 405 g/mol. The Morgan fingerprint density at radius 1 is 1.20 bits per heavy atom. The number of hydrogen-bond acceptors (Lipinski definition) is 2. The predicted octanol–water partition coefficient (Wildman–Crippen LogP) is 4.19. The molecule has 0 unspecified atom stereocenters. The number of aromatic nitrogens is 2. The first-order valence-electron chi connectivity index (χ1n) is 7.43. The molecule has 7 heteroatoms. The molecule has 0 saturated carbocycles. The molecule has 0 fully saturated rings. The Morgan fingerprint density at radius 3 is 2.64 bits per heavy atom. The van der Waals surface area contributed by atoms with E-state index in [2.05, 4.69) is 20.9 Å². The van der Waals surface area contributed by atoms with Crippen molar-refractivity contribution in [2.45, 2.75) is 6.54 Å². The van der Waals surface area contributed by atoms with Gasteiger partial charge in [0.05, 0.1) is 12.5 Å². The molecule has 1 heterocycles. The van der Waals surface area contributed by atoms with Gasteiger partial charge in [0.1, 0.15) is 17.3 Å². The van der Waals surface area contributed by atoms with Crippen molar-refractivity contribution in [1.29, 1.82) is 0 Å². The van der Waals surface area contributed by atoms with Crippen molar-refractivity contribution >= 4 is 21.8 Å². The zero-order valence-electron chi connectivity index (χ0n) is 13.3. The van der Waals surface area contributed by atoms with Gasteiger partial charge < -0.3 is 4.90 Å². The van der Waals surface area contributed by atoms with Crippen LogP contribution in [-0.2, 0) is 6.54 Å². The van der Waals surface area contributed by atoms with E-state index in [9.17, 15) is 13.6 Å². The summed E-state index contributed by atoms with van der Waals surface area (Å²) in [6, 6.07) is 10.3. The average molecular weight is 406 g/mol. The van der Waals surface area contributed by atoms with Gasteiger partial charge in [0.25, 0.3) is 5.91 Å². The van der Waals surface area contributed by atoms with E-state index in [1.54, 1.807) is 35.9 Å². The molecule has 128 valence electrons. The summed E-state index contributed by atoms with van der Waals surface area (Å²) in [5.41, 5.74) is 1.33. The van der Waals surface area contributed by atoms with Gasteiger partial charge in [-0.25, -0.2) is 13.8 Å². The molecule has 3 aromatic rings. The fraction of sp³-hybridized carbons (Fsp3) is 0.111. The molecular formula is C18H14BrF2N3O. The van der Waals surface area contributed by atoms with E-state index in [4.69, 9.17) is 0 Å². The van der Waals surface area contributed by atoms with Crippen LogP contribution in [0.15, 0.2) is 59.5 Å². The normalized spacial score (nSPS) is 10.7. The molecule has 0 saturated heterocycles. The summed E-state index contributed by atoms with van der Waals surface area (Å²) < 4.78 is 29.3. The maximum absolute atomic E-state index is 13.9. The van der Waals surface area contributed by atoms with Crippen LogP contribution in [0, 0.1) is 11.6 Å². The molecule has 1 amide bonds. The average Bonchev–Trinajstić information content (AvgIpc) is 3.07. The van der Waals surface area contributed by atoms with Crippen molar-refractivity contribution in [1.82, 2.24) is 14.5 Å². The number of hydrogen-bond donors (Lipinski definition) is 0. The minimum Gasteiger partial charge on any atom is -0.336 e. The highest BCUT2D eigenvalue weighted by atomic mass is 79.9. The third-order valence-corrected chi connectivity index (χ3v) is 4.22. The van der Waals surface area contributed by atoms with E-state index < -0.39 is 0 Å². The van der Waals surface area contributed by atoms with Gasteiger partial charge in [-0.2, -0.15) is 0 Å². The van der Waals surface area contributed by atoms with Crippen molar-refractivity contribution in [2.75, 3.05) is 7.05 Å². The number of carbonyl (C=O) groups is 1. The van der Waals surface area contributed by atoms with E-state index in [1.165, 1.54) is 35.6 Å². The maximum atomic E-state index is 13.9. The number of rotatable bonds is 4. The number of halogens is 3. The molecule has 1 aromatic heterocycles. The second-order valence-corrected chi connectivity index (χ2v) is 6.44. The summed E-state index contributed by atoms with van der Waals surface area (Å²) in [6.07, 6.45) is 2.91. The largest absolute Gasteiger partial charge is 0.336 e. The van der Waals surface area contributed by atoms with Crippen LogP contribution >= 0.6 is 15.9 Å². The Labute approximate surface area is 151 Å². The number of carbonyl (C=O) groups excluding carboxylic acids is 1. The minimum absolute atomic E-state index is 0.110.